The van der Waals surface area contributed by atoms with E-state index in [1.54, 1.807) is 31.3 Å². The zero-order valence-electron chi connectivity index (χ0n) is 16.8. The lowest BCUT2D eigenvalue weighted by atomic mass is 9.97. The molecule has 0 bridgehead atoms. The summed E-state index contributed by atoms with van der Waals surface area (Å²) in [4.78, 5) is 28.4. The lowest BCUT2D eigenvalue weighted by Gasteiger charge is -2.27. The first-order chi connectivity index (χ1) is 15.1. The van der Waals surface area contributed by atoms with Gasteiger partial charge in [-0.25, -0.2) is 4.98 Å². The Morgan fingerprint density at radius 2 is 1.94 bits per heavy atom. The molecule has 154 valence electrons. The van der Waals surface area contributed by atoms with Crippen LogP contribution in [0.3, 0.4) is 0 Å². The number of carbonyl (C=O) groups is 1. The Balaban J connectivity index is 1.44. The third-order valence-electron chi connectivity index (χ3n) is 5.24. The Kier molecular flexibility index (Phi) is 4.88. The second-order valence-corrected chi connectivity index (χ2v) is 7.56. The molecule has 0 unspecified atom stereocenters. The highest BCUT2D eigenvalue weighted by atomic mass is 35.5. The van der Waals surface area contributed by atoms with Crippen molar-refractivity contribution >= 4 is 52.4 Å². The van der Waals surface area contributed by atoms with Crippen LogP contribution in [0.1, 0.15) is 21.5 Å². The molecule has 31 heavy (non-hydrogen) atoms. The SMILES string of the molecule is CNc1ncc2c(n1)N1CCN=C1C(c1ccc(C(=O)Nc3ccccc3Cl)cc1)=C2. The third-order valence-corrected chi connectivity index (χ3v) is 5.57. The van der Waals surface area contributed by atoms with Gasteiger partial charge in [0.15, 0.2) is 0 Å². The molecule has 5 rings (SSSR count). The van der Waals surface area contributed by atoms with Crippen molar-refractivity contribution in [2.24, 2.45) is 4.99 Å². The Morgan fingerprint density at radius 3 is 2.71 bits per heavy atom. The molecule has 3 heterocycles. The first-order valence-electron chi connectivity index (χ1n) is 9.89. The minimum absolute atomic E-state index is 0.213. The minimum atomic E-state index is -0.213. The average Bonchev–Trinajstić information content (AvgIpc) is 3.30. The fourth-order valence-electron chi connectivity index (χ4n) is 3.70. The van der Waals surface area contributed by atoms with Crippen LogP contribution in [-0.4, -0.2) is 41.8 Å². The lowest BCUT2D eigenvalue weighted by Crippen LogP contribution is -2.32. The molecule has 0 saturated carbocycles. The van der Waals surface area contributed by atoms with Crippen LogP contribution in [0.4, 0.5) is 17.5 Å². The molecule has 0 saturated heterocycles. The highest BCUT2D eigenvalue weighted by Crippen LogP contribution is 2.35. The fourth-order valence-corrected chi connectivity index (χ4v) is 3.88. The number of carbonyl (C=O) groups excluding carboxylic acids is 1. The Hall–Kier alpha value is -3.71. The van der Waals surface area contributed by atoms with Crippen LogP contribution in [-0.2, 0) is 0 Å². The second-order valence-electron chi connectivity index (χ2n) is 7.15. The molecule has 0 atom stereocenters. The zero-order valence-corrected chi connectivity index (χ0v) is 17.5. The number of amides is 1. The van der Waals surface area contributed by atoms with E-state index in [0.29, 0.717) is 28.8 Å². The highest BCUT2D eigenvalue weighted by Gasteiger charge is 2.30. The number of fused-ring (bicyclic) bond motifs is 3. The van der Waals surface area contributed by atoms with Crippen molar-refractivity contribution < 1.29 is 4.79 Å². The van der Waals surface area contributed by atoms with Crippen LogP contribution in [0.15, 0.2) is 59.7 Å². The number of nitrogens with zero attached hydrogens (tertiary/aromatic N) is 4. The standard InChI is InChI=1S/C23H19ClN6O/c1-25-23-27-13-16-12-17(21-26-10-11-30(21)20(16)29-23)14-6-8-15(9-7-14)22(31)28-19-5-3-2-4-18(19)24/h2-9,12-13H,10-11H2,1H3,(H,28,31)(H,25,27,29). The van der Waals surface area contributed by atoms with E-state index in [9.17, 15) is 4.79 Å². The summed E-state index contributed by atoms with van der Waals surface area (Å²) in [7, 11) is 1.80. The van der Waals surface area contributed by atoms with Crippen molar-refractivity contribution in [2.75, 3.05) is 35.7 Å². The van der Waals surface area contributed by atoms with Crippen molar-refractivity contribution in [3.8, 4) is 0 Å². The molecule has 1 amide bonds. The topological polar surface area (TPSA) is 82.5 Å². The van der Waals surface area contributed by atoms with E-state index in [-0.39, 0.29) is 5.91 Å². The van der Waals surface area contributed by atoms with Gasteiger partial charge in [-0.05, 0) is 35.9 Å². The number of hydrogen-bond donors (Lipinski definition) is 2. The molecule has 0 radical (unpaired) electrons. The minimum Gasteiger partial charge on any atom is -0.357 e. The van der Waals surface area contributed by atoms with Crippen LogP contribution in [0.25, 0.3) is 11.6 Å². The zero-order chi connectivity index (χ0) is 21.4. The Labute approximate surface area is 184 Å². The van der Waals surface area contributed by atoms with Crippen LogP contribution in [0, 0.1) is 0 Å². The van der Waals surface area contributed by atoms with Gasteiger partial charge < -0.3 is 15.5 Å². The highest BCUT2D eigenvalue weighted by molar-refractivity contribution is 6.36. The summed E-state index contributed by atoms with van der Waals surface area (Å²) in [5, 5.41) is 6.33. The summed E-state index contributed by atoms with van der Waals surface area (Å²) < 4.78 is 0. The van der Waals surface area contributed by atoms with E-state index >= 15 is 0 Å². The molecule has 1 aromatic heterocycles. The van der Waals surface area contributed by atoms with Crippen LogP contribution < -0.4 is 15.5 Å². The van der Waals surface area contributed by atoms with Crippen molar-refractivity contribution in [3.63, 3.8) is 0 Å². The Bertz CT molecular complexity index is 1240. The van der Waals surface area contributed by atoms with Gasteiger partial charge in [0.25, 0.3) is 5.91 Å². The lowest BCUT2D eigenvalue weighted by molar-refractivity contribution is 0.102. The normalized spacial score (nSPS) is 14.3. The number of amidine groups is 1. The van der Waals surface area contributed by atoms with Gasteiger partial charge in [0, 0.05) is 36.5 Å². The summed E-state index contributed by atoms with van der Waals surface area (Å²) in [6.45, 7) is 1.49. The van der Waals surface area contributed by atoms with E-state index < -0.39 is 0 Å². The number of halogens is 1. The van der Waals surface area contributed by atoms with Crippen molar-refractivity contribution in [1.82, 2.24) is 9.97 Å². The number of para-hydroxylation sites is 1. The number of anilines is 3. The van der Waals surface area contributed by atoms with Gasteiger partial charge in [0.2, 0.25) is 5.95 Å². The second kappa shape index (κ2) is 7.85. The van der Waals surface area contributed by atoms with Gasteiger partial charge in [0.05, 0.1) is 17.3 Å². The first-order valence-corrected chi connectivity index (χ1v) is 10.3. The molecular formula is C23H19ClN6O. The smallest absolute Gasteiger partial charge is 0.255 e. The third kappa shape index (κ3) is 3.53. The van der Waals surface area contributed by atoms with Crippen molar-refractivity contribution in [3.05, 3.63) is 76.4 Å². The molecule has 2 aliphatic rings. The van der Waals surface area contributed by atoms with Crippen molar-refractivity contribution in [2.45, 2.75) is 0 Å². The summed E-state index contributed by atoms with van der Waals surface area (Å²) >= 11 is 6.14. The molecule has 3 aromatic rings. The van der Waals surface area contributed by atoms with E-state index in [1.807, 2.05) is 36.5 Å². The maximum Gasteiger partial charge on any atom is 0.255 e. The fraction of sp³-hybridized carbons (Fsp3) is 0.130. The maximum atomic E-state index is 12.6. The van der Waals surface area contributed by atoms with E-state index in [0.717, 1.165) is 34.9 Å². The Morgan fingerprint density at radius 1 is 1.13 bits per heavy atom. The number of rotatable bonds is 4. The number of aromatic nitrogens is 2. The van der Waals surface area contributed by atoms with E-state index in [1.165, 1.54) is 0 Å². The predicted molar refractivity (Wildman–Crippen MR) is 125 cm³/mol. The monoisotopic (exact) mass is 430 g/mol. The molecule has 0 fully saturated rings. The number of aliphatic imine (C=N–C) groups is 1. The molecule has 2 N–H and O–H groups in total. The first kappa shape index (κ1) is 19.3. The van der Waals surface area contributed by atoms with Gasteiger partial charge in [-0.3, -0.25) is 9.79 Å². The molecule has 0 spiro atoms. The molecule has 8 heteroatoms. The summed E-state index contributed by atoms with van der Waals surface area (Å²) in [5.41, 5.74) is 4.04. The van der Waals surface area contributed by atoms with Crippen molar-refractivity contribution in [1.29, 1.82) is 0 Å². The quantitative estimate of drug-likeness (QED) is 0.648. The van der Waals surface area contributed by atoms with Gasteiger partial charge in [0.1, 0.15) is 11.7 Å². The average molecular weight is 431 g/mol. The molecule has 0 aliphatic carbocycles. The molecule has 2 aromatic carbocycles. The van der Waals surface area contributed by atoms with Gasteiger partial charge in [-0.15, -0.1) is 0 Å². The van der Waals surface area contributed by atoms with E-state index in [2.05, 4.69) is 25.5 Å². The van der Waals surface area contributed by atoms with Crippen LogP contribution >= 0.6 is 11.6 Å². The summed E-state index contributed by atoms with van der Waals surface area (Å²) in [6.07, 6.45) is 3.86. The number of benzene rings is 2. The maximum absolute atomic E-state index is 12.6. The predicted octanol–water partition coefficient (Wildman–Crippen LogP) is 4.20. The largest absolute Gasteiger partial charge is 0.357 e. The summed E-state index contributed by atoms with van der Waals surface area (Å²) in [6, 6.07) is 14.6. The van der Waals surface area contributed by atoms with Gasteiger partial charge >= 0.3 is 0 Å². The molecular weight excluding hydrogens is 412 g/mol. The van der Waals surface area contributed by atoms with Gasteiger partial charge in [-0.2, -0.15) is 4.98 Å². The number of nitrogens with one attached hydrogen (secondary N) is 2. The van der Waals surface area contributed by atoms with Gasteiger partial charge in [-0.1, -0.05) is 35.9 Å². The number of hydrogen-bond acceptors (Lipinski definition) is 6. The van der Waals surface area contributed by atoms with Crippen LogP contribution in [0.5, 0.6) is 0 Å². The molecule has 7 nitrogen and oxygen atoms in total. The van der Waals surface area contributed by atoms with Crippen LogP contribution in [0.2, 0.25) is 5.02 Å². The summed E-state index contributed by atoms with van der Waals surface area (Å²) in [5.74, 6) is 2.11. The molecule has 2 aliphatic heterocycles. The van der Waals surface area contributed by atoms with E-state index in [4.69, 9.17) is 16.6 Å².